The van der Waals surface area contributed by atoms with Gasteiger partial charge in [0.15, 0.2) is 5.58 Å². The van der Waals surface area contributed by atoms with Crippen molar-refractivity contribution in [2.75, 3.05) is 5.32 Å². The van der Waals surface area contributed by atoms with E-state index in [-0.39, 0.29) is 5.91 Å². The van der Waals surface area contributed by atoms with Gasteiger partial charge in [0, 0.05) is 17.7 Å². The number of hydrogen-bond acceptors (Lipinski definition) is 3. The van der Waals surface area contributed by atoms with Gasteiger partial charge in [0.1, 0.15) is 5.52 Å². The van der Waals surface area contributed by atoms with Gasteiger partial charge in [0.25, 0.3) is 0 Å². The highest BCUT2D eigenvalue weighted by molar-refractivity contribution is 5.92. The molecule has 0 aliphatic heterocycles. The Morgan fingerprint density at radius 2 is 2.00 bits per heavy atom. The summed E-state index contributed by atoms with van der Waals surface area (Å²) >= 11 is 0. The second-order valence-electron chi connectivity index (χ2n) is 5.82. The summed E-state index contributed by atoms with van der Waals surface area (Å²) in [6.07, 6.45) is 1.35. The zero-order valence-corrected chi connectivity index (χ0v) is 13.6. The molecule has 0 spiro atoms. The van der Waals surface area contributed by atoms with Crippen LogP contribution in [0, 0.1) is 13.8 Å². The second-order valence-corrected chi connectivity index (χ2v) is 5.82. The van der Waals surface area contributed by atoms with Crippen molar-refractivity contribution in [3.8, 4) is 11.5 Å². The predicted octanol–water partition coefficient (Wildman–Crippen LogP) is 4.85. The highest BCUT2D eigenvalue weighted by atomic mass is 16.3. The fourth-order valence-corrected chi connectivity index (χ4v) is 2.48. The minimum absolute atomic E-state index is 0.0286. The molecule has 3 aromatic rings. The molecule has 0 aliphatic carbocycles. The van der Waals surface area contributed by atoms with E-state index >= 15 is 0 Å². The Balaban J connectivity index is 1.96. The molecule has 0 saturated carbocycles. The Morgan fingerprint density at radius 3 is 2.78 bits per heavy atom. The molecule has 0 radical (unpaired) electrons. The largest absolute Gasteiger partial charge is 0.436 e. The first-order chi connectivity index (χ1) is 11.1. The minimum Gasteiger partial charge on any atom is -0.436 e. The summed E-state index contributed by atoms with van der Waals surface area (Å²) in [6, 6.07) is 11.8. The Bertz CT molecular complexity index is 865. The molecule has 1 aromatic heterocycles. The number of oxazole rings is 1. The number of aromatic nitrogens is 1. The molecule has 0 unspecified atom stereocenters. The minimum atomic E-state index is 0.0286. The summed E-state index contributed by atoms with van der Waals surface area (Å²) in [5, 5.41) is 2.96. The van der Waals surface area contributed by atoms with Crippen molar-refractivity contribution >= 4 is 22.7 Å². The second kappa shape index (κ2) is 6.24. The Morgan fingerprint density at radius 1 is 1.17 bits per heavy atom. The van der Waals surface area contributed by atoms with Gasteiger partial charge in [-0.1, -0.05) is 19.1 Å². The van der Waals surface area contributed by atoms with E-state index in [1.807, 2.05) is 57.2 Å². The van der Waals surface area contributed by atoms with Gasteiger partial charge in [-0.15, -0.1) is 0 Å². The van der Waals surface area contributed by atoms with E-state index in [9.17, 15) is 4.79 Å². The average molecular weight is 308 g/mol. The SMILES string of the molecule is CCCC(=O)Nc1cc(-c2nc3ccc(C)cc3o2)ccc1C. The van der Waals surface area contributed by atoms with E-state index in [2.05, 4.69) is 10.3 Å². The van der Waals surface area contributed by atoms with E-state index in [1.165, 1.54) is 0 Å². The molecule has 4 nitrogen and oxygen atoms in total. The Hall–Kier alpha value is -2.62. The van der Waals surface area contributed by atoms with Crippen molar-refractivity contribution in [3.05, 3.63) is 47.5 Å². The van der Waals surface area contributed by atoms with Crippen LogP contribution in [0.5, 0.6) is 0 Å². The van der Waals surface area contributed by atoms with Gasteiger partial charge >= 0.3 is 0 Å². The lowest BCUT2D eigenvalue weighted by atomic mass is 10.1. The molecular weight excluding hydrogens is 288 g/mol. The summed E-state index contributed by atoms with van der Waals surface area (Å²) in [5.74, 6) is 0.595. The van der Waals surface area contributed by atoms with E-state index in [0.717, 1.165) is 39.9 Å². The Kier molecular flexibility index (Phi) is 4.15. The lowest BCUT2D eigenvalue weighted by Crippen LogP contribution is -2.11. The monoisotopic (exact) mass is 308 g/mol. The molecule has 0 fully saturated rings. The number of rotatable bonds is 4. The maximum absolute atomic E-state index is 11.8. The predicted molar refractivity (Wildman–Crippen MR) is 92.5 cm³/mol. The lowest BCUT2D eigenvalue weighted by Gasteiger charge is -2.09. The molecule has 118 valence electrons. The van der Waals surface area contributed by atoms with Crippen molar-refractivity contribution in [3.63, 3.8) is 0 Å². The van der Waals surface area contributed by atoms with Gasteiger partial charge < -0.3 is 9.73 Å². The summed E-state index contributed by atoms with van der Waals surface area (Å²) < 4.78 is 5.86. The van der Waals surface area contributed by atoms with E-state index in [4.69, 9.17) is 4.42 Å². The fraction of sp³-hybridized carbons (Fsp3) is 0.263. The summed E-state index contributed by atoms with van der Waals surface area (Å²) in [4.78, 5) is 16.4. The van der Waals surface area contributed by atoms with Crippen LogP contribution in [0.25, 0.3) is 22.6 Å². The van der Waals surface area contributed by atoms with Gasteiger partial charge in [-0.2, -0.15) is 0 Å². The highest BCUT2D eigenvalue weighted by Gasteiger charge is 2.11. The molecule has 0 aliphatic rings. The smallest absolute Gasteiger partial charge is 0.227 e. The van der Waals surface area contributed by atoms with Gasteiger partial charge in [0.05, 0.1) is 0 Å². The zero-order valence-electron chi connectivity index (χ0n) is 13.6. The molecule has 23 heavy (non-hydrogen) atoms. The van der Waals surface area contributed by atoms with Crippen molar-refractivity contribution in [1.82, 2.24) is 4.98 Å². The molecule has 0 saturated heterocycles. The van der Waals surface area contributed by atoms with Gasteiger partial charge in [-0.05, 0) is 55.7 Å². The summed E-state index contributed by atoms with van der Waals surface area (Å²) in [5.41, 5.74) is 5.43. The third-order valence-electron chi connectivity index (χ3n) is 3.78. The fourth-order valence-electron chi connectivity index (χ4n) is 2.48. The summed E-state index contributed by atoms with van der Waals surface area (Å²) in [6.45, 7) is 5.98. The molecule has 4 heteroatoms. The van der Waals surface area contributed by atoms with Crippen LogP contribution in [0.2, 0.25) is 0 Å². The van der Waals surface area contributed by atoms with E-state index in [0.29, 0.717) is 12.3 Å². The quantitative estimate of drug-likeness (QED) is 0.749. The molecule has 0 atom stereocenters. The van der Waals surface area contributed by atoms with Crippen LogP contribution in [-0.2, 0) is 4.79 Å². The van der Waals surface area contributed by atoms with Crippen LogP contribution in [0.4, 0.5) is 5.69 Å². The van der Waals surface area contributed by atoms with Crippen LogP contribution in [0.3, 0.4) is 0 Å². The molecule has 1 N–H and O–H groups in total. The number of carbonyl (C=O) groups excluding carboxylic acids is 1. The first-order valence-corrected chi connectivity index (χ1v) is 7.85. The van der Waals surface area contributed by atoms with Crippen LogP contribution in [0.15, 0.2) is 40.8 Å². The normalized spacial score (nSPS) is 10.9. The molecular formula is C19H20N2O2. The zero-order chi connectivity index (χ0) is 16.4. The lowest BCUT2D eigenvalue weighted by molar-refractivity contribution is -0.116. The van der Waals surface area contributed by atoms with Crippen molar-refractivity contribution in [2.45, 2.75) is 33.6 Å². The standard InChI is InChI=1S/C19H20N2O2/c1-4-5-18(22)20-16-11-14(8-7-13(16)3)19-21-15-9-6-12(2)10-17(15)23-19/h6-11H,4-5H2,1-3H3,(H,20,22). The van der Waals surface area contributed by atoms with E-state index in [1.54, 1.807) is 0 Å². The third-order valence-corrected chi connectivity index (χ3v) is 3.78. The third kappa shape index (κ3) is 3.26. The number of hydrogen-bond donors (Lipinski definition) is 1. The van der Waals surface area contributed by atoms with Gasteiger partial charge in [-0.25, -0.2) is 4.98 Å². The first-order valence-electron chi connectivity index (χ1n) is 7.85. The van der Waals surface area contributed by atoms with Crippen LogP contribution in [-0.4, -0.2) is 10.9 Å². The number of carbonyl (C=O) groups is 1. The molecule has 0 bridgehead atoms. The summed E-state index contributed by atoms with van der Waals surface area (Å²) in [7, 11) is 0. The number of benzene rings is 2. The van der Waals surface area contributed by atoms with Gasteiger partial charge in [-0.3, -0.25) is 4.79 Å². The molecule has 3 rings (SSSR count). The maximum Gasteiger partial charge on any atom is 0.227 e. The van der Waals surface area contributed by atoms with Crippen molar-refractivity contribution < 1.29 is 9.21 Å². The number of nitrogens with one attached hydrogen (secondary N) is 1. The number of nitrogens with zero attached hydrogens (tertiary/aromatic N) is 1. The topological polar surface area (TPSA) is 55.1 Å². The molecule has 2 aromatic carbocycles. The Labute approximate surface area is 135 Å². The van der Waals surface area contributed by atoms with Crippen molar-refractivity contribution in [1.29, 1.82) is 0 Å². The van der Waals surface area contributed by atoms with Gasteiger partial charge in [0.2, 0.25) is 11.8 Å². The number of amides is 1. The number of aryl methyl sites for hydroxylation is 2. The van der Waals surface area contributed by atoms with Crippen LogP contribution >= 0.6 is 0 Å². The van der Waals surface area contributed by atoms with E-state index < -0.39 is 0 Å². The highest BCUT2D eigenvalue weighted by Crippen LogP contribution is 2.28. The first kappa shape index (κ1) is 15.3. The maximum atomic E-state index is 11.8. The van der Waals surface area contributed by atoms with Crippen LogP contribution in [0.1, 0.15) is 30.9 Å². The number of fused-ring (bicyclic) bond motifs is 1. The number of anilines is 1. The molecule has 1 heterocycles. The van der Waals surface area contributed by atoms with Crippen LogP contribution < -0.4 is 5.32 Å². The molecule has 1 amide bonds. The average Bonchev–Trinajstić information content (AvgIpc) is 2.92. The van der Waals surface area contributed by atoms with Crippen molar-refractivity contribution in [2.24, 2.45) is 0 Å².